The fraction of sp³-hybridized carbons (Fsp3) is 0.125. The maximum Gasteiger partial charge on any atom is 0.223 e. The van der Waals surface area contributed by atoms with Gasteiger partial charge in [-0.3, -0.25) is 0 Å². The highest BCUT2D eigenvalue weighted by Crippen LogP contribution is 2.30. The Balaban J connectivity index is 2.09. The molecule has 0 atom stereocenters. The van der Waals surface area contributed by atoms with Crippen LogP contribution in [-0.2, 0) is 5.33 Å². The average molecular weight is 329 g/mol. The smallest absolute Gasteiger partial charge is 0.223 e. The first kappa shape index (κ1) is 13.1. The van der Waals surface area contributed by atoms with Crippen LogP contribution >= 0.6 is 15.9 Å². The first-order valence-corrected chi connectivity index (χ1v) is 7.45. The quantitative estimate of drug-likeness (QED) is 0.659. The molecule has 0 aliphatic heterocycles. The Labute approximate surface area is 125 Å². The van der Waals surface area contributed by atoms with Crippen molar-refractivity contribution in [2.75, 3.05) is 0 Å². The first-order chi connectivity index (χ1) is 9.78. The van der Waals surface area contributed by atoms with E-state index in [1.807, 2.05) is 18.2 Å². The molecule has 3 nitrogen and oxygen atoms in total. The van der Waals surface area contributed by atoms with Crippen molar-refractivity contribution in [2.45, 2.75) is 12.3 Å². The van der Waals surface area contributed by atoms with Gasteiger partial charge >= 0.3 is 0 Å². The van der Waals surface area contributed by atoms with Crippen molar-refractivity contribution in [3.05, 3.63) is 60.0 Å². The number of nitrogens with zero attached hydrogens (tertiary/aromatic N) is 2. The van der Waals surface area contributed by atoms with Crippen LogP contribution in [0.5, 0.6) is 0 Å². The van der Waals surface area contributed by atoms with Gasteiger partial charge in [0, 0.05) is 17.8 Å². The third kappa shape index (κ3) is 2.51. The zero-order chi connectivity index (χ0) is 13.9. The van der Waals surface area contributed by atoms with Gasteiger partial charge in [-0.1, -0.05) is 69.6 Å². The molecule has 1 heterocycles. The zero-order valence-corrected chi connectivity index (χ0v) is 12.6. The van der Waals surface area contributed by atoms with E-state index in [0.717, 1.165) is 22.0 Å². The van der Waals surface area contributed by atoms with Crippen LogP contribution < -0.4 is 0 Å². The van der Waals surface area contributed by atoms with E-state index in [-0.39, 0.29) is 0 Å². The summed E-state index contributed by atoms with van der Waals surface area (Å²) in [4.78, 5) is 4.32. The summed E-state index contributed by atoms with van der Waals surface area (Å²) in [6.45, 7) is 1.80. The Morgan fingerprint density at radius 1 is 1.00 bits per heavy atom. The second-order valence-electron chi connectivity index (χ2n) is 4.51. The molecule has 2 aromatic carbocycles. The summed E-state index contributed by atoms with van der Waals surface area (Å²) in [5.41, 5.74) is 4.49. The van der Waals surface area contributed by atoms with Gasteiger partial charge in [-0.15, -0.1) is 0 Å². The highest BCUT2D eigenvalue weighted by Gasteiger charge is 2.11. The molecule has 0 amide bonds. The fourth-order valence-electron chi connectivity index (χ4n) is 2.11. The summed E-state index contributed by atoms with van der Waals surface area (Å²) < 4.78 is 5.08. The highest BCUT2D eigenvalue weighted by molar-refractivity contribution is 9.08. The predicted octanol–water partition coefficient (Wildman–Crippen LogP) is 4.61. The maximum atomic E-state index is 5.08. The van der Waals surface area contributed by atoms with Crippen LogP contribution in [0.4, 0.5) is 0 Å². The van der Waals surface area contributed by atoms with E-state index in [4.69, 9.17) is 4.52 Å². The van der Waals surface area contributed by atoms with Gasteiger partial charge in [0.15, 0.2) is 0 Å². The van der Waals surface area contributed by atoms with E-state index in [9.17, 15) is 0 Å². The van der Waals surface area contributed by atoms with Gasteiger partial charge in [0.2, 0.25) is 11.7 Å². The normalized spacial score (nSPS) is 10.7. The largest absolute Gasteiger partial charge is 0.339 e. The standard InChI is InChI=1S/C16H13BrN2O/c1-11-18-16(19-20-11)15-5-3-2-4-14(15)13-8-6-12(10-17)7-9-13/h2-9H,10H2,1H3. The van der Waals surface area contributed by atoms with Crippen LogP contribution in [0, 0.1) is 6.92 Å². The van der Waals surface area contributed by atoms with Gasteiger partial charge in [-0.25, -0.2) is 0 Å². The molecule has 3 aromatic rings. The molecule has 0 saturated heterocycles. The van der Waals surface area contributed by atoms with Crippen LogP contribution in [0.2, 0.25) is 0 Å². The second kappa shape index (κ2) is 5.59. The number of aromatic nitrogens is 2. The molecule has 0 aliphatic rings. The van der Waals surface area contributed by atoms with Crippen LogP contribution in [0.15, 0.2) is 53.1 Å². The molecule has 4 heteroatoms. The van der Waals surface area contributed by atoms with Crippen molar-refractivity contribution in [3.63, 3.8) is 0 Å². The van der Waals surface area contributed by atoms with Crippen LogP contribution in [0.1, 0.15) is 11.5 Å². The fourth-order valence-corrected chi connectivity index (χ4v) is 2.49. The second-order valence-corrected chi connectivity index (χ2v) is 5.07. The molecule has 0 saturated carbocycles. The molecule has 100 valence electrons. The van der Waals surface area contributed by atoms with Crippen molar-refractivity contribution in [1.29, 1.82) is 0 Å². The third-order valence-electron chi connectivity index (χ3n) is 3.11. The van der Waals surface area contributed by atoms with Crippen LogP contribution in [-0.4, -0.2) is 10.1 Å². The molecular weight excluding hydrogens is 316 g/mol. The van der Waals surface area contributed by atoms with E-state index >= 15 is 0 Å². The maximum absolute atomic E-state index is 5.08. The number of hydrogen-bond donors (Lipinski definition) is 0. The lowest BCUT2D eigenvalue weighted by Gasteiger charge is -2.07. The van der Waals surface area contributed by atoms with E-state index in [1.165, 1.54) is 5.56 Å². The molecule has 0 radical (unpaired) electrons. The molecule has 0 bridgehead atoms. The predicted molar refractivity (Wildman–Crippen MR) is 82.5 cm³/mol. The summed E-state index contributed by atoms with van der Waals surface area (Å²) in [6.07, 6.45) is 0. The summed E-state index contributed by atoms with van der Waals surface area (Å²) in [6, 6.07) is 16.5. The Morgan fingerprint density at radius 3 is 2.30 bits per heavy atom. The van der Waals surface area contributed by atoms with Gasteiger partial charge in [0.25, 0.3) is 0 Å². The van der Waals surface area contributed by atoms with Crippen LogP contribution in [0.3, 0.4) is 0 Å². The molecule has 1 aromatic heterocycles. The Hall–Kier alpha value is -1.94. The monoisotopic (exact) mass is 328 g/mol. The van der Waals surface area contributed by atoms with E-state index in [2.05, 4.69) is 56.4 Å². The lowest BCUT2D eigenvalue weighted by atomic mass is 9.98. The topological polar surface area (TPSA) is 38.9 Å². The van der Waals surface area contributed by atoms with Gasteiger partial charge in [-0.2, -0.15) is 4.98 Å². The molecular formula is C16H13BrN2O. The van der Waals surface area contributed by atoms with Crippen molar-refractivity contribution >= 4 is 15.9 Å². The molecule has 3 rings (SSSR count). The first-order valence-electron chi connectivity index (χ1n) is 6.33. The molecule has 20 heavy (non-hydrogen) atoms. The number of hydrogen-bond acceptors (Lipinski definition) is 3. The third-order valence-corrected chi connectivity index (χ3v) is 3.76. The zero-order valence-electron chi connectivity index (χ0n) is 11.0. The van der Waals surface area contributed by atoms with E-state index < -0.39 is 0 Å². The number of alkyl halides is 1. The minimum Gasteiger partial charge on any atom is -0.339 e. The van der Waals surface area contributed by atoms with E-state index in [0.29, 0.717) is 11.7 Å². The van der Waals surface area contributed by atoms with Crippen molar-refractivity contribution in [2.24, 2.45) is 0 Å². The number of rotatable bonds is 3. The van der Waals surface area contributed by atoms with Crippen molar-refractivity contribution in [1.82, 2.24) is 10.1 Å². The van der Waals surface area contributed by atoms with Gasteiger partial charge in [0.1, 0.15) is 0 Å². The SMILES string of the molecule is Cc1nc(-c2ccccc2-c2ccc(CBr)cc2)no1. The highest BCUT2D eigenvalue weighted by atomic mass is 79.9. The lowest BCUT2D eigenvalue weighted by molar-refractivity contribution is 0.394. The summed E-state index contributed by atoms with van der Waals surface area (Å²) >= 11 is 3.46. The Bertz CT molecular complexity index is 719. The minimum absolute atomic E-state index is 0.574. The van der Waals surface area contributed by atoms with E-state index in [1.54, 1.807) is 6.92 Å². The number of halogens is 1. The molecule has 0 fully saturated rings. The molecule has 0 aliphatic carbocycles. The Kier molecular flexibility index (Phi) is 3.65. The summed E-state index contributed by atoms with van der Waals surface area (Å²) in [5.74, 6) is 1.20. The Morgan fingerprint density at radius 2 is 1.70 bits per heavy atom. The van der Waals surface area contributed by atoms with Crippen molar-refractivity contribution in [3.8, 4) is 22.5 Å². The van der Waals surface area contributed by atoms with Gasteiger partial charge in [-0.05, 0) is 16.7 Å². The number of benzene rings is 2. The summed E-state index contributed by atoms with van der Waals surface area (Å²) in [7, 11) is 0. The minimum atomic E-state index is 0.574. The van der Waals surface area contributed by atoms with Gasteiger partial charge < -0.3 is 4.52 Å². The molecule has 0 unspecified atom stereocenters. The number of aryl methyl sites for hydroxylation is 1. The summed E-state index contributed by atoms with van der Waals surface area (Å²) in [5, 5.41) is 4.87. The molecule has 0 N–H and O–H groups in total. The lowest BCUT2D eigenvalue weighted by Crippen LogP contribution is -1.87. The van der Waals surface area contributed by atoms with Gasteiger partial charge in [0.05, 0.1) is 0 Å². The average Bonchev–Trinajstić information content (AvgIpc) is 2.94. The molecule has 0 spiro atoms. The van der Waals surface area contributed by atoms with Crippen molar-refractivity contribution < 1.29 is 4.52 Å². The van der Waals surface area contributed by atoms with Crippen LogP contribution in [0.25, 0.3) is 22.5 Å².